The van der Waals surface area contributed by atoms with E-state index in [1.807, 2.05) is 13.0 Å². The van der Waals surface area contributed by atoms with Crippen molar-refractivity contribution in [1.82, 2.24) is 10.3 Å². The highest BCUT2D eigenvalue weighted by Crippen LogP contribution is 2.19. The fraction of sp³-hybridized carbons (Fsp3) is 0.467. The van der Waals surface area contributed by atoms with Gasteiger partial charge in [-0.2, -0.15) is 0 Å². The number of nitrogens with one attached hydrogen (secondary N) is 1. The molecule has 100 valence electrons. The molecule has 0 saturated heterocycles. The van der Waals surface area contributed by atoms with Gasteiger partial charge in [0.1, 0.15) is 5.52 Å². The van der Waals surface area contributed by atoms with Crippen molar-refractivity contribution >= 4 is 17.0 Å². The number of carbonyl (C=O) groups excluding carboxylic acids is 1. The molecule has 2 aromatic rings. The summed E-state index contributed by atoms with van der Waals surface area (Å²) in [5.41, 5.74) is 2.13. The standard InChI is InChI=1S/C15H18N2O2/c1-10-16-13-9-11(7-8-14(13)19-10)15(18)17-12-5-3-2-4-6-12/h7-9,12H,2-6H2,1H3,(H,17,18). The zero-order chi connectivity index (χ0) is 13.2. The highest BCUT2D eigenvalue weighted by atomic mass is 16.3. The molecule has 4 heteroatoms. The Morgan fingerprint density at radius 2 is 2.11 bits per heavy atom. The summed E-state index contributed by atoms with van der Waals surface area (Å²) in [6, 6.07) is 5.73. The lowest BCUT2D eigenvalue weighted by Gasteiger charge is -2.22. The number of hydrogen-bond acceptors (Lipinski definition) is 3. The van der Waals surface area contributed by atoms with Crippen molar-refractivity contribution in [3.8, 4) is 0 Å². The Morgan fingerprint density at radius 3 is 2.89 bits per heavy atom. The van der Waals surface area contributed by atoms with Crippen molar-refractivity contribution in [2.45, 2.75) is 45.1 Å². The van der Waals surface area contributed by atoms with Gasteiger partial charge in [-0.15, -0.1) is 0 Å². The summed E-state index contributed by atoms with van der Waals surface area (Å²) in [4.78, 5) is 16.5. The predicted octanol–water partition coefficient (Wildman–Crippen LogP) is 3.20. The number of aryl methyl sites for hydroxylation is 1. The van der Waals surface area contributed by atoms with Gasteiger partial charge < -0.3 is 9.73 Å². The van der Waals surface area contributed by atoms with E-state index >= 15 is 0 Å². The second-order valence-electron chi connectivity index (χ2n) is 5.22. The number of carbonyl (C=O) groups is 1. The lowest BCUT2D eigenvalue weighted by Crippen LogP contribution is -2.36. The predicted molar refractivity (Wildman–Crippen MR) is 73.1 cm³/mol. The van der Waals surface area contributed by atoms with Gasteiger partial charge in [-0.3, -0.25) is 4.79 Å². The minimum absolute atomic E-state index is 0.00514. The number of nitrogens with zero attached hydrogens (tertiary/aromatic N) is 1. The highest BCUT2D eigenvalue weighted by Gasteiger charge is 2.17. The van der Waals surface area contributed by atoms with Crippen LogP contribution in [0.4, 0.5) is 0 Å². The van der Waals surface area contributed by atoms with Gasteiger partial charge in [0.2, 0.25) is 0 Å². The topological polar surface area (TPSA) is 55.1 Å². The molecule has 1 N–H and O–H groups in total. The largest absolute Gasteiger partial charge is 0.441 e. The van der Waals surface area contributed by atoms with Gasteiger partial charge in [-0.05, 0) is 31.0 Å². The molecule has 0 spiro atoms. The van der Waals surface area contributed by atoms with Crippen LogP contribution in [0.1, 0.15) is 48.4 Å². The van der Waals surface area contributed by atoms with Crippen LogP contribution in [-0.4, -0.2) is 16.9 Å². The van der Waals surface area contributed by atoms with Crippen LogP contribution in [0, 0.1) is 6.92 Å². The Labute approximate surface area is 112 Å². The molecule has 1 saturated carbocycles. The third-order valence-electron chi connectivity index (χ3n) is 3.70. The van der Waals surface area contributed by atoms with Gasteiger partial charge in [0, 0.05) is 18.5 Å². The van der Waals surface area contributed by atoms with Crippen LogP contribution in [0.15, 0.2) is 22.6 Å². The van der Waals surface area contributed by atoms with Crippen LogP contribution in [-0.2, 0) is 0 Å². The second-order valence-corrected chi connectivity index (χ2v) is 5.22. The molecule has 1 heterocycles. The molecule has 1 aromatic carbocycles. The number of amides is 1. The van der Waals surface area contributed by atoms with Crippen LogP contribution >= 0.6 is 0 Å². The molecule has 19 heavy (non-hydrogen) atoms. The fourth-order valence-electron chi connectivity index (χ4n) is 2.70. The first-order valence-corrected chi connectivity index (χ1v) is 6.90. The molecule has 4 nitrogen and oxygen atoms in total. The summed E-state index contributed by atoms with van der Waals surface area (Å²) in [5.74, 6) is 0.620. The summed E-state index contributed by atoms with van der Waals surface area (Å²) in [6.07, 6.45) is 5.91. The number of hydrogen-bond donors (Lipinski definition) is 1. The molecule has 1 aromatic heterocycles. The van der Waals surface area contributed by atoms with E-state index < -0.39 is 0 Å². The van der Waals surface area contributed by atoms with Crippen LogP contribution in [0.5, 0.6) is 0 Å². The van der Waals surface area contributed by atoms with Gasteiger partial charge in [-0.25, -0.2) is 4.98 Å². The SMILES string of the molecule is Cc1nc2cc(C(=O)NC3CCCCC3)ccc2o1. The van der Waals surface area contributed by atoms with E-state index in [0.29, 0.717) is 17.5 Å². The number of fused-ring (bicyclic) bond motifs is 1. The van der Waals surface area contributed by atoms with Gasteiger partial charge in [0.25, 0.3) is 5.91 Å². The molecule has 1 amide bonds. The number of rotatable bonds is 2. The van der Waals surface area contributed by atoms with Crippen LogP contribution in [0.3, 0.4) is 0 Å². The number of benzene rings is 1. The Bertz CT molecular complexity index is 597. The maximum Gasteiger partial charge on any atom is 0.251 e. The average molecular weight is 258 g/mol. The van der Waals surface area contributed by atoms with E-state index in [4.69, 9.17) is 4.42 Å². The summed E-state index contributed by atoms with van der Waals surface area (Å²) in [6.45, 7) is 1.81. The highest BCUT2D eigenvalue weighted by molar-refractivity contribution is 5.97. The molecule has 1 aliphatic carbocycles. The van der Waals surface area contributed by atoms with Crippen molar-refractivity contribution in [2.24, 2.45) is 0 Å². The minimum atomic E-state index is -0.00514. The number of aromatic nitrogens is 1. The lowest BCUT2D eigenvalue weighted by atomic mass is 9.95. The summed E-state index contributed by atoms with van der Waals surface area (Å²) in [7, 11) is 0. The van der Waals surface area contributed by atoms with E-state index in [1.165, 1.54) is 19.3 Å². The van der Waals surface area contributed by atoms with Gasteiger partial charge >= 0.3 is 0 Å². The Balaban J connectivity index is 1.76. The van der Waals surface area contributed by atoms with Crippen molar-refractivity contribution in [2.75, 3.05) is 0 Å². The van der Waals surface area contributed by atoms with E-state index in [-0.39, 0.29) is 5.91 Å². The fourth-order valence-corrected chi connectivity index (χ4v) is 2.70. The third-order valence-corrected chi connectivity index (χ3v) is 3.70. The van der Waals surface area contributed by atoms with Crippen LogP contribution in [0.25, 0.3) is 11.1 Å². The monoisotopic (exact) mass is 258 g/mol. The average Bonchev–Trinajstić information content (AvgIpc) is 2.78. The summed E-state index contributed by atoms with van der Waals surface area (Å²) < 4.78 is 5.41. The van der Waals surface area contributed by atoms with Crippen LogP contribution < -0.4 is 5.32 Å². The maximum absolute atomic E-state index is 12.2. The van der Waals surface area contributed by atoms with E-state index in [0.717, 1.165) is 23.9 Å². The molecule has 1 fully saturated rings. The Morgan fingerprint density at radius 1 is 1.32 bits per heavy atom. The lowest BCUT2D eigenvalue weighted by molar-refractivity contribution is 0.0928. The number of oxazole rings is 1. The minimum Gasteiger partial charge on any atom is -0.441 e. The third kappa shape index (κ3) is 2.62. The second kappa shape index (κ2) is 5.03. The first kappa shape index (κ1) is 12.2. The first-order valence-electron chi connectivity index (χ1n) is 6.90. The molecule has 3 rings (SSSR count). The van der Waals surface area contributed by atoms with Crippen LogP contribution in [0.2, 0.25) is 0 Å². The molecule has 1 aliphatic rings. The van der Waals surface area contributed by atoms with E-state index in [9.17, 15) is 4.79 Å². The molecular formula is C15H18N2O2. The van der Waals surface area contributed by atoms with Crippen molar-refractivity contribution in [3.63, 3.8) is 0 Å². The zero-order valence-electron chi connectivity index (χ0n) is 11.1. The first-order chi connectivity index (χ1) is 9.22. The normalized spacial score (nSPS) is 16.7. The van der Waals surface area contributed by atoms with Gasteiger partial charge in [0.15, 0.2) is 11.5 Å². The maximum atomic E-state index is 12.2. The molecule has 0 radical (unpaired) electrons. The molecular weight excluding hydrogens is 240 g/mol. The Hall–Kier alpha value is -1.84. The smallest absolute Gasteiger partial charge is 0.251 e. The quantitative estimate of drug-likeness (QED) is 0.900. The van der Waals surface area contributed by atoms with Gasteiger partial charge in [0.05, 0.1) is 0 Å². The molecule has 0 atom stereocenters. The van der Waals surface area contributed by atoms with Gasteiger partial charge in [-0.1, -0.05) is 19.3 Å². The van der Waals surface area contributed by atoms with E-state index in [1.54, 1.807) is 12.1 Å². The summed E-state index contributed by atoms with van der Waals surface area (Å²) >= 11 is 0. The van der Waals surface area contributed by atoms with Crippen molar-refractivity contribution in [3.05, 3.63) is 29.7 Å². The summed E-state index contributed by atoms with van der Waals surface area (Å²) in [5, 5.41) is 3.11. The molecule has 0 unspecified atom stereocenters. The zero-order valence-corrected chi connectivity index (χ0v) is 11.1. The van der Waals surface area contributed by atoms with Crippen molar-refractivity contribution < 1.29 is 9.21 Å². The molecule has 0 aliphatic heterocycles. The Kier molecular flexibility index (Phi) is 3.23. The van der Waals surface area contributed by atoms with Crippen molar-refractivity contribution in [1.29, 1.82) is 0 Å². The molecule has 0 bridgehead atoms. The van der Waals surface area contributed by atoms with E-state index in [2.05, 4.69) is 10.3 Å².